The van der Waals surface area contributed by atoms with Crippen LogP contribution in [-0.2, 0) is 17.7 Å². The van der Waals surface area contributed by atoms with Crippen molar-refractivity contribution in [2.24, 2.45) is 0 Å². The molecule has 0 bridgehead atoms. The number of morpholine rings is 1. The molecule has 0 spiro atoms. The smallest absolute Gasteiger partial charge is 0.315 e. The molecule has 1 N–H and O–H groups in total. The Labute approximate surface area is 176 Å². The van der Waals surface area contributed by atoms with Gasteiger partial charge in [-0.3, -0.25) is 4.90 Å². The van der Waals surface area contributed by atoms with Gasteiger partial charge in [0.05, 0.1) is 29.8 Å². The van der Waals surface area contributed by atoms with Gasteiger partial charge < -0.3 is 19.0 Å². The van der Waals surface area contributed by atoms with Crippen molar-refractivity contribution in [2.75, 3.05) is 44.7 Å². The fraction of sp³-hybridized carbons (Fsp3) is 0.550. The van der Waals surface area contributed by atoms with E-state index in [4.69, 9.17) is 14.1 Å². The summed E-state index contributed by atoms with van der Waals surface area (Å²) in [4.78, 5) is 7.20. The van der Waals surface area contributed by atoms with E-state index in [1.54, 1.807) is 0 Å². The zero-order chi connectivity index (χ0) is 18.8. The maximum Gasteiger partial charge on any atom is 0.315 e. The Morgan fingerprint density at radius 2 is 1.97 bits per heavy atom. The fourth-order valence-corrected chi connectivity index (χ4v) is 4.12. The van der Waals surface area contributed by atoms with Crippen LogP contribution in [0.2, 0.25) is 0 Å². The molecule has 0 amide bonds. The molecule has 1 fully saturated rings. The summed E-state index contributed by atoms with van der Waals surface area (Å²) in [6, 6.07) is 6.58. The Kier molecular flexibility index (Phi) is 6.32. The van der Waals surface area contributed by atoms with Gasteiger partial charge in [0.25, 0.3) is 5.89 Å². The molecule has 8 nitrogen and oxygen atoms in total. The molecule has 2 aliphatic heterocycles. The first kappa shape index (κ1) is 20.1. The lowest BCUT2D eigenvalue weighted by atomic mass is 10.2. The summed E-state index contributed by atoms with van der Waals surface area (Å²) >= 11 is 0. The van der Waals surface area contributed by atoms with Crippen molar-refractivity contribution in [2.45, 2.75) is 32.2 Å². The zero-order valence-corrected chi connectivity index (χ0v) is 17.3. The van der Waals surface area contributed by atoms with Crippen LogP contribution in [0.5, 0.6) is 0 Å². The molecule has 0 unspecified atom stereocenters. The second kappa shape index (κ2) is 9.11. The van der Waals surface area contributed by atoms with Crippen LogP contribution in [0.25, 0.3) is 22.5 Å². The molecule has 29 heavy (non-hydrogen) atoms. The molecule has 2 aliphatic rings. The average Bonchev–Trinajstić information content (AvgIpc) is 3.44. The monoisotopic (exact) mass is 418 g/mol. The average molecular weight is 419 g/mol. The van der Waals surface area contributed by atoms with Crippen LogP contribution in [-0.4, -0.2) is 64.0 Å². The van der Waals surface area contributed by atoms with Crippen LogP contribution in [0.1, 0.15) is 25.1 Å². The lowest BCUT2D eigenvalue weighted by Gasteiger charge is -2.26. The maximum absolute atomic E-state index is 5.90. The molecular formula is C20H27ClN6O2. The van der Waals surface area contributed by atoms with Crippen molar-refractivity contribution < 1.29 is 9.15 Å². The Bertz CT molecular complexity index is 950. The summed E-state index contributed by atoms with van der Waals surface area (Å²) in [7, 11) is 0. The van der Waals surface area contributed by atoms with Gasteiger partial charge in [0.1, 0.15) is 5.82 Å². The van der Waals surface area contributed by atoms with Gasteiger partial charge in [0, 0.05) is 32.6 Å². The minimum atomic E-state index is 0. The molecule has 4 heterocycles. The molecule has 156 valence electrons. The lowest BCUT2D eigenvalue weighted by molar-refractivity contribution is 0.0373. The highest BCUT2D eigenvalue weighted by molar-refractivity contribution is 5.90. The fourth-order valence-electron chi connectivity index (χ4n) is 4.12. The Balaban J connectivity index is 0.00000205. The number of nitrogens with zero attached hydrogens (tertiary/aromatic N) is 5. The van der Waals surface area contributed by atoms with E-state index in [9.17, 15) is 0 Å². The predicted octanol–water partition coefficient (Wildman–Crippen LogP) is 2.98. The molecule has 1 saturated heterocycles. The Hall–Kier alpha value is -2.16. The highest BCUT2D eigenvalue weighted by atomic mass is 35.5. The van der Waals surface area contributed by atoms with Gasteiger partial charge in [-0.05, 0) is 37.9 Å². The highest BCUT2D eigenvalue weighted by Gasteiger charge is 2.21. The molecule has 0 radical (unpaired) electrons. The van der Waals surface area contributed by atoms with E-state index in [-0.39, 0.29) is 12.4 Å². The number of nitrogens with one attached hydrogen (secondary N) is 1. The van der Waals surface area contributed by atoms with Crippen LogP contribution < -0.4 is 5.32 Å². The van der Waals surface area contributed by atoms with Crippen molar-refractivity contribution in [3.8, 4) is 11.5 Å². The number of para-hydroxylation sites is 1. The first-order valence-electron chi connectivity index (χ1n) is 10.2. The summed E-state index contributed by atoms with van der Waals surface area (Å²) in [6.07, 6.45) is 4.40. The van der Waals surface area contributed by atoms with E-state index in [1.165, 1.54) is 0 Å². The van der Waals surface area contributed by atoms with Crippen LogP contribution in [0, 0.1) is 0 Å². The first-order chi connectivity index (χ1) is 13.9. The van der Waals surface area contributed by atoms with Gasteiger partial charge in [-0.2, -0.15) is 0 Å². The number of fused-ring (bicyclic) bond motifs is 3. The van der Waals surface area contributed by atoms with Gasteiger partial charge in [-0.15, -0.1) is 17.5 Å². The van der Waals surface area contributed by atoms with E-state index in [0.29, 0.717) is 11.9 Å². The number of aromatic nitrogens is 4. The van der Waals surface area contributed by atoms with E-state index in [0.717, 1.165) is 94.0 Å². The van der Waals surface area contributed by atoms with E-state index in [1.807, 2.05) is 18.2 Å². The second-order valence-corrected chi connectivity index (χ2v) is 7.46. The number of imidazole rings is 1. The Morgan fingerprint density at radius 3 is 2.86 bits per heavy atom. The minimum Gasteiger partial charge on any atom is -0.403 e. The van der Waals surface area contributed by atoms with Crippen molar-refractivity contribution in [3.63, 3.8) is 0 Å². The van der Waals surface area contributed by atoms with Crippen molar-refractivity contribution in [1.29, 1.82) is 0 Å². The number of rotatable bonds is 7. The summed E-state index contributed by atoms with van der Waals surface area (Å²) < 4.78 is 13.6. The number of benzene rings is 1. The zero-order valence-electron chi connectivity index (χ0n) is 16.5. The summed E-state index contributed by atoms with van der Waals surface area (Å²) in [5, 5.41) is 11.7. The number of unbranched alkanes of at least 4 members (excludes halogenated alkanes) is 1. The molecule has 3 aromatic rings. The number of aryl methyl sites for hydroxylation is 2. The number of ether oxygens (including phenoxy) is 1. The third-order valence-corrected chi connectivity index (χ3v) is 5.56. The SMILES string of the molecule is Cl.c1cc(-c2nnc(NCCCCN3CCOCC3)o2)c2c(c1)nc1n2CCC1. The third kappa shape index (κ3) is 4.24. The van der Waals surface area contributed by atoms with Crippen LogP contribution in [0.4, 0.5) is 6.01 Å². The lowest BCUT2D eigenvalue weighted by Crippen LogP contribution is -2.36. The molecule has 1 aromatic carbocycles. The van der Waals surface area contributed by atoms with E-state index >= 15 is 0 Å². The topological polar surface area (TPSA) is 81.2 Å². The van der Waals surface area contributed by atoms with Crippen LogP contribution in [0.15, 0.2) is 22.6 Å². The minimum absolute atomic E-state index is 0. The highest BCUT2D eigenvalue weighted by Crippen LogP contribution is 2.31. The molecule has 0 saturated carbocycles. The standard InChI is InChI=1S/C20H26N6O2.ClH/c1(2-9-25-11-13-27-14-12-25)8-21-20-24-23-19(28-20)15-5-3-6-16-18(15)26-10-4-7-17(26)22-16;/h3,5-6H,1-2,4,7-14H2,(H,21,24);1H. The summed E-state index contributed by atoms with van der Waals surface area (Å²) in [5.74, 6) is 1.71. The first-order valence-corrected chi connectivity index (χ1v) is 10.2. The van der Waals surface area contributed by atoms with Crippen LogP contribution in [0.3, 0.4) is 0 Å². The molecule has 0 aliphatic carbocycles. The van der Waals surface area contributed by atoms with Gasteiger partial charge >= 0.3 is 6.01 Å². The van der Waals surface area contributed by atoms with E-state index in [2.05, 4.69) is 25.0 Å². The number of anilines is 1. The van der Waals surface area contributed by atoms with E-state index < -0.39 is 0 Å². The summed E-state index contributed by atoms with van der Waals surface area (Å²) in [5.41, 5.74) is 3.07. The molecule has 9 heteroatoms. The molecule has 2 aromatic heterocycles. The third-order valence-electron chi connectivity index (χ3n) is 5.56. The normalized spacial score (nSPS) is 16.7. The Morgan fingerprint density at radius 1 is 1.07 bits per heavy atom. The van der Waals surface area contributed by atoms with Gasteiger partial charge in [-0.25, -0.2) is 4.98 Å². The van der Waals surface area contributed by atoms with Gasteiger partial charge in [-0.1, -0.05) is 11.2 Å². The summed E-state index contributed by atoms with van der Waals surface area (Å²) in [6.45, 7) is 6.76. The number of halogens is 1. The molecular weight excluding hydrogens is 392 g/mol. The van der Waals surface area contributed by atoms with Gasteiger partial charge in [0.15, 0.2) is 0 Å². The van der Waals surface area contributed by atoms with Gasteiger partial charge in [0.2, 0.25) is 0 Å². The maximum atomic E-state index is 5.90. The molecule has 5 rings (SSSR count). The molecule has 0 atom stereocenters. The predicted molar refractivity (Wildman–Crippen MR) is 114 cm³/mol. The van der Waals surface area contributed by atoms with Crippen molar-refractivity contribution in [1.82, 2.24) is 24.6 Å². The van der Waals surface area contributed by atoms with Crippen molar-refractivity contribution in [3.05, 3.63) is 24.0 Å². The quantitative estimate of drug-likeness (QED) is 0.590. The van der Waals surface area contributed by atoms with Crippen LogP contribution >= 0.6 is 12.4 Å². The largest absolute Gasteiger partial charge is 0.403 e. The second-order valence-electron chi connectivity index (χ2n) is 7.46. The van der Waals surface area contributed by atoms with Crippen molar-refractivity contribution >= 4 is 29.5 Å². The number of hydrogen-bond acceptors (Lipinski definition) is 7. The number of hydrogen-bond donors (Lipinski definition) is 1.